The van der Waals surface area contributed by atoms with Crippen LogP contribution in [-0.2, 0) is 17.6 Å². The molecule has 0 fully saturated rings. The van der Waals surface area contributed by atoms with Crippen LogP contribution in [0.2, 0.25) is 0 Å². The summed E-state index contributed by atoms with van der Waals surface area (Å²) in [4.78, 5) is 17.1. The number of hydrogen-bond acceptors (Lipinski definition) is 4. The van der Waals surface area contributed by atoms with Gasteiger partial charge in [-0.15, -0.1) is 5.10 Å². The molecule has 26 heavy (non-hydrogen) atoms. The SMILES string of the molecule is CSCCC(C(=O)Nc1n[nH]c(CCc2ccccc2)n1)n1cccc1. The molecule has 1 atom stereocenters. The number of aromatic nitrogens is 4. The van der Waals surface area contributed by atoms with E-state index in [0.717, 1.165) is 30.8 Å². The van der Waals surface area contributed by atoms with E-state index in [0.29, 0.717) is 5.95 Å². The van der Waals surface area contributed by atoms with Gasteiger partial charge in [-0.3, -0.25) is 15.2 Å². The second kappa shape index (κ2) is 9.24. The van der Waals surface area contributed by atoms with E-state index in [4.69, 9.17) is 0 Å². The van der Waals surface area contributed by atoms with Crippen LogP contribution in [0, 0.1) is 0 Å². The van der Waals surface area contributed by atoms with Crippen molar-refractivity contribution in [2.45, 2.75) is 25.3 Å². The molecule has 2 N–H and O–H groups in total. The molecule has 0 aliphatic heterocycles. The number of anilines is 1. The number of carbonyl (C=O) groups is 1. The predicted octanol–water partition coefficient (Wildman–Crippen LogP) is 3.32. The highest BCUT2D eigenvalue weighted by Crippen LogP contribution is 2.17. The van der Waals surface area contributed by atoms with Crippen LogP contribution in [0.15, 0.2) is 54.9 Å². The number of thioether (sulfide) groups is 1. The molecule has 1 amide bonds. The van der Waals surface area contributed by atoms with Gasteiger partial charge < -0.3 is 4.57 Å². The van der Waals surface area contributed by atoms with Crippen LogP contribution in [0.5, 0.6) is 0 Å². The topological polar surface area (TPSA) is 75.6 Å². The molecule has 3 rings (SSSR count). The Labute approximate surface area is 157 Å². The Morgan fingerprint density at radius 2 is 1.96 bits per heavy atom. The maximum Gasteiger partial charge on any atom is 0.249 e. The summed E-state index contributed by atoms with van der Waals surface area (Å²) < 4.78 is 1.93. The van der Waals surface area contributed by atoms with Crippen LogP contribution in [0.3, 0.4) is 0 Å². The van der Waals surface area contributed by atoms with Crippen molar-refractivity contribution < 1.29 is 4.79 Å². The number of amides is 1. The number of aromatic amines is 1. The lowest BCUT2D eigenvalue weighted by Gasteiger charge is -2.17. The van der Waals surface area contributed by atoms with Gasteiger partial charge in [0.15, 0.2) is 0 Å². The molecular weight excluding hydrogens is 346 g/mol. The van der Waals surface area contributed by atoms with Crippen molar-refractivity contribution in [3.8, 4) is 0 Å². The van der Waals surface area contributed by atoms with Crippen LogP contribution >= 0.6 is 11.8 Å². The number of benzene rings is 1. The number of hydrogen-bond donors (Lipinski definition) is 2. The lowest BCUT2D eigenvalue weighted by molar-refractivity contribution is -0.119. The van der Waals surface area contributed by atoms with E-state index in [9.17, 15) is 4.79 Å². The van der Waals surface area contributed by atoms with Gasteiger partial charge in [-0.1, -0.05) is 30.3 Å². The zero-order valence-electron chi connectivity index (χ0n) is 14.8. The van der Waals surface area contributed by atoms with Crippen LogP contribution < -0.4 is 5.32 Å². The van der Waals surface area contributed by atoms with Crippen LogP contribution in [-0.4, -0.2) is 37.7 Å². The van der Waals surface area contributed by atoms with Crippen molar-refractivity contribution in [2.24, 2.45) is 0 Å². The molecule has 1 unspecified atom stereocenters. The Balaban J connectivity index is 1.59. The summed E-state index contributed by atoms with van der Waals surface area (Å²) in [6.45, 7) is 0. The minimum Gasteiger partial charge on any atom is -0.342 e. The third-order valence-corrected chi connectivity index (χ3v) is 4.79. The monoisotopic (exact) mass is 369 g/mol. The maximum absolute atomic E-state index is 12.7. The van der Waals surface area contributed by atoms with Gasteiger partial charge in [0.1, 0.15) is 11.9 Å². The highest BCUT2D eigenvalue weighted by molar-refractivity contribution is 7.98. The summed E-state index contributed by atoms with van der Waals surface area (Å²) in [6, 6.07) is 13.8. The number of rotatable bonds is 9. The molecule has 0 spiro atoms. The highest BCUT2D eigenvalue weighted by atomic mass is 32.2. The Morgan fingerprint density at radius 1 is 1.19 bits per heavy atom. The number of nitrogens with zero attached hydrogens (tertiary/aromatic N) is 3. The molecule has 0 bridgehead atoms. The average Bonchev–Trinajstić information content (AvgIpc) is 3.33. The summed E-state index contributed by atoms with van der Waals surface area (Å²) >= 11 is 1.73. The van der Waals surface area contributed by atoms with Crippen molar-refractivity contribution >= 4 is 23.6 Å². The standard InChI is InChI=1S/C19H23N5OS/c1-26-14-11-16(24-12-5-6-13-24)18(25)21-19-20-17(22-23-19)10-9-15-7-3-2-4-8-15/h2-8,12-13,16H,9-11,14H2,1H3,(H2,20,21,22,23,25). The zero-order chi connectivity index (χ0) is 18.2. The van der Waals surface area contributed by atoms with Gasteiger partial charge >= 0.3 is 0 Å². The summed E-state index contributed by atoms with van der Waals surface area (Å²) in [6.07, 6.45) is 8.25. The second-order valence-electron chi connectivity index (χ2n) is 6.01. The first-order chi connectivity index (χ1) is 12.8. The quantitative estimate of drug-likeness (QED) is 0.607. The molecule has 0 aliphatic rings. The van der Waals surface area contributed by atoms with Gasteiger partial charge in [0.05, 0.1) is 0 Å². The van der Waals surface area contributed by atoms with Gasteiger partial charge in [-0.05, 0) is 42.5 Å². The first-order valence-corrected chi connectivity index (χ1v) is 10.0. The van der Waals surface area contributed by atoms with Crippen LogP contribution in [0.1, 0.15) is 23.9 Å². The van der Waals surface area contributed by atoms with E-state index in [1.807, 2.05) is 53.5 Å². The van der Waals surface area contributed by atoms with Crippen molar-refractivity contribution in [3.05, 3.63) is 66.2 Å². The average molecular weight is 369 g/mol. The van der Waals surface area contributed by atoms with Gasteiger partial charge in [-0.2, -0.15) is 16.7 Å². The number of H-pyrrole nitrogens is 1. The van der Waals surface area contributed by atoms with E-state index in [1.54, 1.807) is 11.8 Å². The predicted molar refractivity (Wildman–Crippen MR) is 105 cm³/mol. The Bertz CT molecular complexity index is 800. The molecular formula is C19H23N5OS. The second-order valence-corrected chi connectivity index (χ2v) is 6.99. The van der Waals surface area contributed by atoms with Crippen LogP contribution in [0.25, 0.3) is 0 Å². The first kappa shape index (κ1) is 18.3. The summed E-state index contributed by atoms with van der Waals surface area (Å²) in [5.74, 6) is 1.92. The number of aryl methyl sites for hydroxylation is 2. The molecule has 0 radical (unpaired) electrons. The van der Waals surface area contributed by atoms with Gasteiger partial charge in [-0.25, -0.2) is 0 Å². The largest absolute Gasteiger partial charge is 0.342 e. The van der Waals surface area contributed by atoms with Crippen molar-refractivity contribution in [2.75, 3.05) is 17.3 Å². The molecule has 136 valence electrons. The fourth-order valence-electron chi connectivity index (χ4n) is 2.76. The minimum absolute atomic E-state index is 0.0936. The lowest BCUT2D eigenvalue weighted by Crippen LogP contribution is -2.26. The Morgan fingerprint density at radius 3 is 2.69 bits per heavy atom. The molecule has 7 heteroatoms. The molecule has 0 saturated carbocycles. The Kier molecular flexibility index (Phi) is 6.49. The van der Waals surface area contributed by atoms with E-state index < -0.39 is 0 Å². The number of carbonyl (C=O) groups excluding carboxylic acids is 1. The van der Waals surface area contributed by atoms with E-state index in [1.165, 1.54) is 5.56 Å². The van der Waals surface area contributed by atoms with Crippen molar-refractivity contribution in [1.29, 1.82) is 0 Å². The van der Waals surface area contributed by atoms with Crippen LogP contribution in [0.4, 0.5) is 5.95 Å². The van der Waals surface area contributed by atoms with Gasteiger partial charge in [0.2, 0.25) is 11.9 Å². The normalized spacial score (nSPS) is 12.0. The minimum atomic E-state index is -0.260. The summed E-state index contributed by atoms with van der Waals surface area (Å²) in [5, 5.41) is 9.88. The molecule has 1 aromatic carbocycles. The molecule has 0 saturated heterocycles. The molecule has 2 heterocycles. The highest BCUT2D eigenvalue weighted by Gasteiger charge is 2.20. The lowest BCUT2D eigenvalue weighted by atomic mass is 10.1. The first-order valence-electron chi connectivity index (χ1n) is 8.63. The van der Waals surface area contributed by atoms with E-state index in [2.05, 4.69) is 32.6 Å². The molecule has 3 aromatic rings. The fraction of sp³-hybridized carbons (Fsp3) is 0.316. The molecule has 0 aliphatic carbocycles. The third-order valence-electron chi connectivity index (χ3n) is 4.15. The van der Waals surface area contributed by atoms with Gasteiger partial charge in [0.25, 0.3) is 0 Å². The fourth-order valence-corrected chi connectivity index (χ4v) is 3.22. The summed E-state index contributed by atoms with van der Waals surface area (Å²) in [5.41, 5.74) is 1.25. The molecule has 6 nitrogen and oxygen atoms in total. The third kappa shape index (κ3) is 4.98. The maximum atomic E-state index is 12.7. The number of nitrogens with one attached hydrogen (secondary N) is 2. The van der Waals surface area contributed by atoms with E-state index in [-0.39, 0.29) is 11.9 Å². The summed E-state index contributed by atoms with van der Waals surface area (Å²) in [7, 11) is 0. The Hall–Kier alpha value is -2.54. The zero-order valence-corrected chi connectivity index (χ0v) is 15.6. The van der Waals surface area contributed by atoms with E-state index >= 15 is 0 Å². The smallest absolute Gasteiger partial charge is 0.249 e. The molecule has 2 aromatic heterocycles. The van der Waals surface area contributed by atoms with Gasteiger partial charge in [0, 0.05) is 18.8 Å². The van der Waals surface area contributed by atoms with Crippen molar-refractivity contribution in [1.82, 2.24) is 19.7 Å². The van der Waals surface area contributed by atoms with Crippen molar-refractivity contribution in [3.63, 3.8) is 0 Å².